The smallest absolute Gasteiger partial charge is 0.160 e. The van der Waals surface area contributed by atoms with Gasteiger partial charge in [-0.2, -0.15) is 5.10 Å². The third kappa shape index (κ3) is 3.31. The Kier molecular flexibility index (Phi) is 4.51. The molecule has 5 rings (SSSR count). The second kappa shape index (κ2) is 7.29. The van der Waals surface area contributed by atoms with Gasteiger partial charge < -0.3 is 14.6 Å². The molecule has 0 amide bonds. The number of hydrogen-bond acceptors (Lipinski definition) is 4. The average Bonchev–Trinajstić information content (AvgIpc) is 3.44. The summed E-state index contributed by atoms with van der Waals surface area (Å²) in [6, 6.07) is 12.9. The Morgan fingerprint density at radius 2 is 2.11 bits per heavy atom. The van der Waals surface area contributed by atoms with Crippen LogP contribution in [0.4, 0.5) is 0 Å². The van der Waals surface area contributed by atoms with Gasteiger partial charge >= 0.3 is 0 Å². The number of rotatable bonds is 5. The molecule has 1 aromatic carbocycles. The lowest BCUT2D eigenvalue weighted by Crippen LogP contribution is -2.28. The second-order valence-corrected chi connectivity index (χ2v) is 7.41. The normalized spacial score (nSPS) is 22.1. The van der Waals surface area contributed by atoms with Crippen LogP contribution in [0.15, 0.2) is 48.8 Å². The highest BCUT2D eigenvalue weighted by Gasteiger charge is 2.31. The Balaban J connectivity index is 1.36. The maximum absolute atomic E-state index is 6.31. The predicted molar refractivity (Wildman–Crippen MR) is 103 cm³/mol. The van der Waals surface area contributed by atoms with Crippen molar-refractivity contribution in [3.8, 4) is 11.5 Å². The molecule has 27 heavy (non-hydrogen) atoms. The highest BCUT2D eigenvalue weighted by Crippen LogP contribution is 2.35. The van der Waals surface area contributed by atoms with Gasteiger partial charge in [-0.1, -0.05) is 30.3 Å². The van der Waals surface area contributed by atoms with Crippen LogP contribution in [0.1, 0.15) is 36.6 Å². The monoisotopic (exact) mass is 363 g/mol. The minimum absolute atomic E-state index is 0.220. The van der Waals surface area contributed by atoms with Crippen molar-refractivity contribution in [1.82, 2.24) is 24.6 Å². The molecule has 0 saturated heterocycles. The standard InChI is InChI=1S/C21H25N5O/c1-2-5-16(6-3-1)15-27-20-8-4-7-19(20)25-11-10-23-21(25)18-13-17-14-22-9-12-26(17)24-18/h1-3,5-6,10-11,13,19-20,22H,4,7-9,12,14-15H2/t19-,20-/m1/s1. The molecule has 2 aromatic heterocycles. The molecule has 2 atom stereocenters. The summed E-state index contributed by atoms with van der Waals surface area (Å²) in [5, 5.41) is 8.20. The van der Waals surface area contributed by atoms with Crippen LogP contribution >= 0.6 is 0 Å². The van der Waals surface area contributed by atoms with Gasteiger partial charge in [0.2, 0.25) is 0 Å². The molecule has 0 spiro atoms. The largest absolute Gasteiger partial charge is 0.371 e. The Morgan fingerprint density at radius 3 is 3.00 bits per heavy atom. The van der Waals surface area contributed by atoms with Crippen molar-refractivity contribution < 1.29 is 4.74 Å². The molecule has 1 aliphatic carbocycles. The summed E-state index contributed by atoms with van der Waals surface area (Å²) in [6.45, 7) is 3.43. The molecule has 1 aliphatic heterocycles. The zero-order valence-corrected chi connectivity index (χ0v) is 15.4. The summed E-state index contributed by atoms with van der Waals surface area (Å²) in [4.78, 5) is 4.64. The molecule has 0 radical (unpaired) electrons. The summed E-state index contributed by atoms with van der Waals surface area (Å²) >= 11 is 0. The zero-order valence-electron chi connectivity index (χ0n) is 15.4. The van der Waals surface area contributed by atoms with Crippen LogP contribution in [0.5, 0.6) is 0 Å². The molecule has 3 aromatic rings. The molecular weight excluding hydrogens is 338 g/mol. The first-order valence-electron chi connectivity index (χ1n) is 9.85. The molecule has 140 valence electrons. The van der Waals surface area contributed by atoms with E-state index in [1.807, 2.05) is 12.3 Å². The van der Waals surface area contributed by atoms with Gasteiger partial charge in [-0.15, -0.1) is 0 Å². The summed E-state index contributed by atoms with van der Waals surface area (Å²) in [5.74, 6) is 0.956. The number of ether oxygens (including phenoxy) is 1. The first-order chi connectivity index (χ1) is 13.4. The van der Waals surface area contributed by atoms with E-state index in [9.17, 15) is 0 Å². The topological polar surface area (TPSA) is 56.9 Å². The van der Waals surface area contributed by atoms with E-state index in [1.54, 1.807) is 0 Å². The molecule has 3 heterocycles. The molecule has 1 N–H and O–H groups in total. The van der Waals surface area contributed by atoms with Crippen molar-refractivity contribution in [3.63, 3.8) is 0 Å². The zero-order chi connectivity index (χ0) is 18.1. The summed E-state index contributed by atoms with van der Waals surface area (Å²) in [5.41, 5.74) is 3.42. The van der Waals surface area contributed by atoms with Crippen molar-refractivity contribution in [3.05, 3.63) is 60.0 Å². The minimum atomic E-state index is 0.220. The number of benzene rings is 1. The first kappa shape index (κ1) is 16.7. The average molecular weight is 363 g/mol. The lowest BCUT2D eigenvalue weighted by molar-refractivity contribution is 0.0198. The fourth-order valence-corrected chi connectivity index (χ4v) is 4.28. The van der Waals surface area contributed by atoms with Crippen LogP contribution in [0, 0.1) is 0 Å². The van der Waals surface area contributed by atoms with Gasteiger partial charge in [-0.25, -0.2) is 4.98 Å². The molecule has 6 heteroatoms. The maximum atomic E-state index is 6.31. The third-order valence-electron chi connectivity index (χ3n) is 5.65. The van der Waals surface area contributed by atoms with Crippen LogP contribution in [0.25, 0.3) is 11.5 Å². The van der Waals surface area contributed by atoms with Gasteiger partial charge in [-0.05, 0) is 30.9 Å². The molecule has 1 fully saturated rings. The lowest BCUT2D eigenvalue weighted by atomic mass is 10.2. The van der Waals surface area contributed by atoms with Gasteiger partial charge in [0.25, 0.3) is 0 Å². The van der Waals surface area contributed by atoms with E-state index in [0.29, 0.717) is 12.6 Å². The fraction of sp³-hybridized carbons (Fsp3) is 0.429. The summed E-state index contributed by atoms with van der Waals surface area (Å²) in [6.07, 6.45) is 7.60. The van der Waals surface area contributed by atoms with Gasteiger partial charge in [0.05, 0.1) is 31.0 Å². The number of fused-ring (bicyclic) bond motifs is 1. The van der Waals surface area contributed by atoms with Gasteiger partial charge in [0.15, 0.2) is 5.82 Å². The van der Waals surface area contributed by atoms with E-state index in [1.165, 1.54) is 17.7 Å². The maximum Gasteiger partial charge on any atom is 0.160 e. The summed E-state index contributed by atoms with van der Waals surface area (Å²) < 4.78 is 10.7. The van der Waals surface area contributed by atoms with Crippen LogP contribution in [0.2, 0.25) is 0 Å². The van der Waals surface area contributed by atoms with Crippen LogP contribution in [0.3, 0.4) is 0 Å². The van der Waals surface area contributed by atoms with E-state index in [0.717, 1.165) is 44.0 Å². The van der Waals surface area contributed by atoms with Crippen LogP contribution in [-0.4, -0.2) is 32.0 Å². The van der Waals surface area contributed by atoms with Crippen molar-refractivity contribution in [1.29, 1.82) is 0 Å². The van der Waals surface area contributed by atoms with Crippen molar-refractivity contribution in [2.45, 2.75) is 51.1 Å². The molecular formula is C21H25N5O. The Labute approximate surface area is 159 Å². The van der Waals surface area contributed by atoms with Gasteiger partial charge in [0.1, 0.15) is 5.69 Å². The number of nitrogens with zero attached hydrogens (tertiary/aromatic N) is 4. The molecule has 0 bridgehead atoms. The number of aromatic nitrogens is 4. The van der Waals surface area contributed by atoms with Crippen LogP contribution in [-0.2, 0) is 24.4 Å². The minimum Gasteiger partial charge on any atom is -0.371 e. The number of imidazole rings is 1. The highest BCUT2D eigenvalue weighted by molar-refractivity contribution is 5.51. The Bertz CT molecular complexity index is 877. The number of nitrogens with one attached hydrogen (secondary N) is 1. The first-order valence-corrected chi connectivity index (χ1v) is 9.85. The predicted octanol–water partition coefficient (Wildman–Crippen LogP) is 3.16. The van der Waals surface area contributed by atoms with Gasteiger partial charge in [-0.3, -0.25) is 4.68 Å². The Morgan fingerprint density at radius 1 is 1.19 bits per heavy atom. The Hall–Kier alpha value is -2.44. The van der Waals surface area contributed by atoms with Crippen molar-refractivity contribution in [2.75, 3.05) is 6.54 Å². The SMILES string of the molecule is c1ccc(CO[C@@H]2CCC[C@H]2n2ccnc2-c2cc3n(n2)CCNC3)cc1. The highest BCUT2D eigenvalue weighted by atomic mass is 16.5. The molecule has 2 aliphatic rings. The van der Waals surface area contributed by atoms with Crippen molar-refractivity contribution >= 4 is 0 Å². The molecule has 6 nitrogen and oxygen atoms in total. The molecule has 0 unspecified atom stereocenters. The van der Waals surface area contributed by atoms with E-state index < -0.39 is 0 Å². The van der Waals surface area contributed by atoms with E-state index >= 15 is 0 Å². The lowest BCUT2D eigenvalue weighted by Gasteiger charge is -2.23. The number of hydrogen-bond donors (Lipinski definition) is 1. The van der Waals surface area contributed by atoms with E-state index in [2.05, 4.69) is 56.1 Å². The molecule has 1 saturated carbocycles. The fourth-order valence-electron chi connectivity index (χ4n) is 4.28. The quantitative estimate of drug-likeness (QED) is 0.757. The van der Waals surface area contributed by atoms with Crippen LogP contribution < -0.4 is 5.32 Å². The van der Waals surface area contributed by atoms with Gasteiger partial charge in [0, 0.05) is 25.5 Å². The van der Waals surface area contributed by atoms with E-state index in [4.69, 9.17) is 9.84 Å². The third-order valence-corrected chi connectivity index (χ3v) is 5.65. The van der Waals surface area contributed by atoms with Crippen molar-refractivity contribution in [2.24, 2.45) is 0 Å². The summed E-state index contributed by atoms with van der Waals surface area (Å²) in [7, 11) is 0. The second-order valence-electron chi connectivity index (χ2n) is 7.41. The van der Waals surface area contributed by atoms with E-state index in [-0.39, 0.29) is 6.10 Å².